The number of carboxylic acid groups (broad SMARTS) is 1. The minimum atomic E-state index is -1.15. The molecule has 2 heterocycles. The van der Waals surface area contributed by atoms with Crippen LogP contribution in [0.5, 0.6) is 0 Å². The van der Waals surface area contributed by atoms with Crippen molar-refractivity contribution in [2.24, 2.45) is 0 Å². The number of morpholine rings is 1. The number of halogens is 1. The number of benzene rings is 2. The molecule has 3 aromatic rings. The summed E-state index contributed by atoms with van der Waals surface area (Å²) in [6, 6.07) is 14.0. The third-order valence-electron chi connectivity index (χ3n) is 5.27. The molecule has 3 N–H and O–H groups in total. The average Bonchev–Trinajstić information content (AvgIpc) is 3.29. The topological polar surface area (TPSA) is 125 Å². The van der Waals surface area contributed by atoms with E-state index >= 15 is 0 Å². The number of nitrogens with zero attached hydrogens (tertiary/aromatic N) is 1. The maximum absolute atomic E-state index is 12.9. The number of hydrogen-bond acceptors (Lipinski definition) is 6. The van der Waals surface area contributed by atoms with Crippen LogP contribution in [-0.2, 0) is 16.1 Å². The van der Waals surface area contributed by atoms with E-state index in [4.69, 9.17) is 16.3 Å². The van der Waals surface area contributed by atoms with Gasteiger partial charge in [0.05, 0.1) is 21.4 Å². The molecule has 0 aliphatic carbocycles. The van der Waals surface area contributed by atoms with Gasteiger partial charge in [0, 0.05) is 30.0 Å². The van der Waals surface area contributed by atoms with E-state index in [9.17, 15) is 24.3 Å². The lowest BCUT2D eigenvalue weighted by atomic mass is 10.1. The van der Waals surface area contributed by atoms with E-state index in [2.05, 4.69) is 10.6 Å². The monoisotopic (exact) mass is 513 g/mol. The van der Waals surface area contributed by atoms with Crippen molar-refractivity contribution in [3.63, 3.8) is 0 Å². The molecule has 1 aromatic heterocycles. The van der Waals surface area contributed by atoms with Crippen LogP contribution in [0, 0.1) is 0 Å². The summed E-state index contributed by atoms with van der Waals surface area (Å²) in [6.07, 6.45) is 0. The number of thiophene rings is 1. The van der Waals surface area contributed by atoms with Crippen LogP contribution >= 0.6 is 22.9 Å². The second-order valence-corrected chi connectivity index (χ2v) is 9.28. The summed E-state index contributed by atoms with van der Waals surface area (Å²) in [4.78, 5) is 50.8. The van der Waals surface area contributed by atoms with Gasteiger partial charge in [-0.15, -0.1) is 11.3 Å². The van der Waals surface area contributed by atoms with Crippen molar-refractivity contribution in [3.05, 3.63) is 80.5 Å². The zero-order chi connectivity index (χ0) is 24.9. The second-order valence-electron chi connectivity index (χ2n) is 7.56. The maximum atomic E-state index is 12.9. The lowest BCUT2D eigenvalue weighted by Gasteiger charge is -2.26. The summed E-state index contributed by atoms with van der Waals surface area (Å²) in [6.45, 7) is 0.939. The van der Waals surface area contributed by atoms with E-state index in [1.54, 1.807) is 41.3 Å². The Morgan fingerprint density at radius 3 is 2.43 bits per heavy atom. The van der Waals surface area contributed by atoms with E-state index in [0.29, 0.717) is 39.2 Å². The number of anilines is 2. The van der Waals surface area contributed by atoms with Gasteiger partial charge in [0.1, 0.15) is 6.61 Å². The standard InChI is InChI=1S/C24H20ClN3O6S/c25-20-8-7-19(35-20)23(31)26-12-16-2-1-15(24(32)33)11-18(16)27-22(30)14-3-5-17(6-4-14)28-9-10-34-13-21(28)29/h1-8,11H,9-10,12-13H2,(H,26,31)(H,27,30)(H,32,33). The summed E-state index contributed by atoms with van der Waals surface area (Å²) >= 11 is 7.02. The molecular weight excluding hydrogens is 494 g/mol. The molecule has 1 saturated heterocycles. The van der Waals surface area contributed by atoms with Gasteiger partial charge in [-0.25, -0.2) is 4.79 Å². The third-order valence-corrected chi connectivity index (χ3v) is 6.50. The van der Waals surface area contributed by atoms with Gasteiger partial charge in [-0.3, -0.25) is 14.4 Å². The molecule has 3 amide bonds. The van der Waals surface area contributed by atoms with Crippen molar-refractivity contribution >= 4 is 58.0 Å². The molecule has 1 aliphatic rings. The van der Waals surface area contributed by atoms with Crippen molar-refractivity contribution in [2.45, 2.75) is 6.54 Å². The molecule has 0 saturated carbocycles. The summed E-state index contributed by atoms with van der Waals surface area (Å²) < 4.78 is 5.62. The quantitative estimate of drug-likeness (QED) is 0.443. The van der Waals surface area contributed by atoms with Gasteiger partial charge in [0.15, 0.2) is 0 Å². The molecule has 2 aromatic carbocycles. The van der Waals surface area contributed by atoms with Gasteiger partial charge in [-0.05, 0) is 54.1 Å². The highest BCUT2D eigenvalue weighted by molar-refractivity contribution is 7.18. The molecule has 1 aliphatic heterocycles. The Labute approximate surface area is 209 Å². The number of carboxylic acids is 1. The lowest BCUT2D eigenvalue weighted by molar-refractivity contribution is -0.125. The summed E-state index contributed by atoms with van der Waals surface area (Å²) in [5.74, 6) is -2.11. The van der Waals surface area contributed by atoms with Gasteiger partial charge in [-0.1, -0.05) is 17.7 Å². The molecule has 9 nitrogen and oxygen atoms in total. The molecule has 180 valence electrons. The van der Waals surface area contributed by atoms with Gasteiger partial charge in [-0.2, -0.15) is 0 Å². The number of carbonyl (C=O) groups excluding carboxylic acids is 3. The van der Waals surface area contributed by atoms with E-state index in [-0.39, 0.29) is 36.2 Å². The van der Waals surface area contributed by atoms with Gasteiger partial charge in [0.25, 0.3) is 17.7 Å². The van der Waals surface area contributed by atoms with Crippen LogP contribution in [-0.4, -0.2) is 48.6 Å². The summed E-state index contributed by atoms with van der Waals surface area (Å²) in [7, 11) is 0. The molecule has 35 heavy (non-hydrogen) atoms. The first kappa shape index (κ1) is 24.4. The number of rotatable bonds is 7. The summed E-state index contributed by atoms with van der Waals surface area (Å²) in [5, 5.41) is 14.8. The van der Waals surface area contributed by atoms with E-state index in [1.165, 1.54) is 18.2 Å². The van der Waals surface area contributed by atoms with E-state index in [0.717, 1.165) is 11.3 Å². The van der Waals surface area contributed by atoms with Crippen molar-refractivity contribution in [1.29, 1.82) is 0 Å². The molecule has 0 radical (unpaired) electrons. The Kier molecular flexibility index (Phi) is 7.45. The highest BCUT2D eigenvalue weighted by Gasteiger charge is 2.21. The number of amides is 3. The van der Waals surface area contributed by atoms with E-state index < -0.39 is 11.9 Å². The van der Waals surface area contributed by atoms with Crippen LogP contribution in [0.25, 0.3) is 0 Å². The fourth-order valence-electron chi connectivity index (χ4n) is 3.46. The highest BCUT2D eigenvalue weighted by atomic mass is 35.5. The van der Waals surface area contributed by atoms with Crippen LogP contribution in [0.2, 0.25) is 4.34 Å². The van der Waals surface area contributed by atoms with Crippen LogP contribution in [0.1, 0.15) is 36.0 Å². The third kappa shape index (κ3) is 5.86. The number of ether oxygens (including phenoxy) is 1. The van der Waals surface area contributed by atoms with Crippen LogP contribution < -0.4 is 15.5 Å². The smallest absolute Gasteiger partial charge is 0.335 e. The molecular formula is C24H20ClN3O6S. The van der Waals surface area contributed by atoms with Crippen LogP contribution in [0.3, 0.4) is 0 Å². The van der Waals surface area contributed by atoms with Gasteiger partial charge >= 0.3 is 5.97 Å². The normalized spacial score (nSPS) is 13.4. The number of hydrogen-bond donors (Lipinski definition) is 3. The Hall–Kier alpha value is -3.73. The average molecular weight is 514 g/mol. The molecule has 0 atom stereocenters. The molecule has 4 rings (SSSR count). The number of nitrogens with one attached hydrogen (secondary N) is 2. The largest absolute Gasteiger partial charge is 0.478 e. The molecule has 0 unspecified atom stereocenters. The second kappa shape index (κ2) is 10.7. The molecule has 0 spiro atoms. The first-order valence-corrected chi connectivity index (χ1v) is 11.7. The Morgan fingerprint density at radius 2 is 1.77 bits per heavy atom. The fraction of sp³-hybridized carbons (Fsp3) is 0.167. The van der Waals surface area contributed by atoms with Crippen LogP contribution in [0.4, 0.5) is 11.4 Å². The zero-order valence-corrected chi connectivity index (χ0v) is 19.8. The minimum absolute atomic E-state index is 0.0124. The summed E-state index contributed by atoms with van der Waals surface area (Å²) in [5.41, 5.74) is 1.74. The maximum Gasteiger partial charge on any atom is 0.335 e. The van der Waals surface area contributed by atoms with Crippen LogP contribution in [0.15, 0.2) is 54.6 Å². The highest BCUT2D eigenvalue weighted by Crippen LogP contribution is 2.23. The molecule has 11 heteroatoms. The molecule has 0 bridgehead atoms. The Bertz CT molecular complexity index is 1290. The predicted molar refractivity (Wildman–Crippen MR) is 131 cm³/mol. The zero-order valence-electron chi connectivity index (χ0n) is 18.2. The van der Waals surface area contributed by atoms with Crippen molar-refractivity contribution in [1.82, 2.24) is 5.32 Å². The molecule has 1 fully saturated rings. The minimum Gasteiger partial charge on any atom is -0.478 e. The van der Waals surface area contributed by atoms with Crippen molar-refractivity contribution in [2.75, 3.05) is 30.0 Å². The Morgan fingerprint density at radius 1 is 1.03 bits per heavy atom. The SMILES string of the molecule is O=C(O)c1ccc(CNC(=O)c2ccc(Cl)s2)c(NC(=O)c2ccc(N3CCOCC3=O)cc2)c1. The predicted octanol–water partition coefficient (Wildman–Crippen LogP) is 3.65. The first-order chi connectivity index (χ1) is 16.8. The van der Waals surface area contributed by atoms with E-state index in [1.807, 2.05) is 0 Å². The number of aromatic carboxylic acids is 1. The van der Waals surface area contributed by atoms with Gasteiger partial charge in [0.2, 0.25) is 0 Å². The first-order valence-electron chi connectivity index (χ1n) is 10.5. The lowest BCUT2D eigenvalue weighted by Crippen LogP contribution is -2.41. The van der Waals surface area contributed by atoms with Gasteiger partial charge < -0.3 is 25.4 Å². The van der Waals surface area contributed by atoms with Crippen molar-refractivity contribution in [3.8, 4) is 0 Å². The Balaban J connectivity index is 1.50. The fourth-order valence-corrected chi connectivity index (χ4v) is 4.42. The van der Waals surface area contributed by atoms with Crippen molar-refractivity contribution < 1.29 is 29.0 Å². The number of carbonyl (C=O) groups is 4.